The Morgan fingerprint density at radius 1 is 1.12 bits per heavy atom. The first-order valence-electron chi connectivity index (χ1n) is 6.66. The van der Waals surface area contributed by atoms with E-state index in [0.717, 1.165) is 6.42 Å². The van der Waals surface area contributed by atoms with Gasteiger partial charge in [-0.05, 0) is 36.8 Å². The van der Waals surface area contributed by atoms with E-state index in [9.17, 15) is 5.26 Å². The third-order valence-electron chi connectivity index (χ3n) is 3.85. The van der Waals surface area contributed by atoms with Gasteiger partial charge in [-0.3, -0.25) is 0 Å². The molecule has 0 rings (SSSR count). The molecule has 0 aromatic carbocycles. The van der Waals surface area contributed by atoms with E-state index in [-0.39, 0.29) is 11.3 Å². The van der Waals surface area contributed by atoms with Crippen LogP contribution in [-0.2, 0) is 4.43 Å². The van der Waals surface area contributed by atoms with Crippen LogP contribution in [0.4, 0.5) is 0 Å². The highest BCUT2D eigenvalue weighted by molar-refractivity contribution is 6.48. The Balaban J connectivity index is 5.14. The van der Waals surface area contributed by atoms with Crippen LogP contribution in [-0.4, -0.2) is 14.6 Å². The van der Waals surface area contributed by atoms with Crippen LogP contribution in [0.3, 0.4) is 0 Å². The van der Waals surface area contributed by atoms with Gasteiger partial charge in [0.05, 0.1) is 6.07 Å². The molecule has 0 aliphatic rings. The number of hydrogen-bond donors (Lipinski definition) is 0. The quantitative estimate of drug-likeness (QED) is 0.673. The van der Waals surface area contributed by atoms with Gasteiger partial charge in [0.1, 0.15) is 5.60 Å². The second-order valence-corrected chi connectivity index (χ2v) is 8.98. The zero-order chi connectivity index (χ0) is 13.9. The second-order valence-electron chi connectivity index (χ2n) is 6.64. The molecular formula is C14H29NOSi. The molecule has 0 unspecified atom stereocenters. The highest BCUT2D eigenvalue weighted by Crippen LogP contribution is 2.40. The fraction of sp³-hybridized carbons (Fsp3) is 0.929. The summed E-state index contributed by atoms with van der Waals surface area (Å²) in [4.78, 5) is 0. The van der Waals surface area contributed by atoms with Crippen LogP contribution in [0.2, 0.25) is 13.1 Å². The lowest BCUT2D eigenvalue weighted by molar-refractivity contribution is 0.0165. The maximum Gasteiger partial charge on any atom is 0.173 e. The third kappa shape index (κ3) is 4.44. The van der Waals surface area contributed by atoms with E-state index in [1.165, 1.54) is 0 Å². The second kappa shape index (κ2) is 6.02. The Hall–Kier alpha value is -0.333. The fourth-order valence-corrected chi connectivity index (χ4v) is 3.13. The summed E-state index contributed by atoms with van der Waals surface area (Å²) in [5, 5.41) is 9.59. The molecule has 0 saturated heterocycles. The van der Waals surface area contributed by atoms with Crippen molar-refractivity contribution in [2.75, 3.05) is 0 Å². The lowest BCUT2D eigenvalue weighted by Gasteiger charge is -2.41. The van der Waals surface area contributed by atoms with Crippen LogP contribution < -0.4 is 0 Å². The van der Waals surface area contributed by atoms with E-state index in [2.05, 4.69) is 60.7 Å². The van der Waals surface area contributed by atoms with Crippen molar-refractivity contribution < 1.29 is 4.43 Å². The van der Waals surface area contributed by atoms with Crippen LogP contribution in [0, 0.1) is 28.6 Å². The van der Waals surface area contributed by atoms with Crippen LogP contribution >= 0.6 is 0 Å². The van der Waals surface area contributed by atoms with E-state index in [4.69, 9.17) is 4.43 Å². The van der Waals surface area contributed by atoms with Gasteiger partial charge in [0, 0.05) is 0 Å². The molecule has 0 N–H and O–H groups in total. The molecule has 0 radical (unpaired) electrons. The average molecular weight is 255 g/mol. The van der Waals surface area contributed by atoms with Crippen molar-refractivity contribution in [1.29, 1.82) is 5.26 Å². The van der Waals surface area contributed by atoms with E-state index < -0.39 is 14.6 Å². The summed E-state index contributed by atoms with van der Waals surface area (Å²) < 4.78 is 6.11. The average Bonchev–Trinajstić information content (AvgIpc) is 2.14. The minimum Gasteiger partial charge on any atom is -0.403 e. The SMILES string of the molecule is CC(C)C(C)(C)C[C@](C#N)(O[SiH](C)C)C(C)C. The Morgan fingerprint density at radius 3 is 1.82 bits per heavy atom. The maximum absolute atomic E-state index is 9.59. The van der Waals surface area contributed by atoms with E-state index in [1.54, 1.807) is 0 Å². The van der Waals surface area contributed by atoms with Crippen LogP contribution in [0.5, 0.6) is 0 Å². The van der Waals surface area contributed by atoms with Crippen LogP contribution in [0.15, 0.2) is 0 Å². The first-order valence-corrected chi connectivity index (χ1v) is 9.44. The zero-order valence-electron chi connectivity index (χ0n) is 12.8. The van der Waals surface area contributed by atoms with E-state index >= 15 is 0 Å². The third-order valence-corrected chi connectivity index (χ3v) is 4.74. The first-order chi connectivity index (χ1) is 7.57. The molecule has 17 heavy (non-hydrogen) atoms. The van der Waals surface area contributed by atoms with Crippen molar-refractivity contribution in [1.82, 2.24) is 0 Å². The molecular weight excluding hydrogens is 226 g/mol. The summed E-state index contributed by atoms with van der Waals surface area (Å²) in [5.41, 5.74) is -0.475. The Morgan fingerprint density at radius 2 is 1.59 bits per heavy atom. The van der Waals surface area contributed by atoms with Crippen molar-refractivity contribution in [2.24, 2.45) is 17.3 Å². The predicted molar refractivity (Wildman–Crippen MR) is 76.4 cm³/mol. The number of nitriles is 1. The Bertz CT molecular complexity index is 278. The smallest absolute Gasteiger partial charge is 0.173 e. The molecule has 100 valence electrons. The van der Waals surface area contributed by atoms with Gasteiger partial charge in [-0.25, -0.2) is 0 Å². The molecule has 0 saturated carbocycles. The van der Waals surface area contributed by atoms with Crippen molar-refractivity contribution >= 4 is 9.04 Å². The minimum absolute atomic E-state index is 0.128. The fourth-order valence-electron chi connectivity index (χ4n) is 1.88. The number of nitrogens with zero attached hydrogens (tertiary/aromatic N) is 1. The van der Waals surface area contributed by atoms with Crippen LogP contribution in [0.1, 0.15) is 48.0 Å². The Labute approximate surface area is 109 Å². The highest BCUT2D eigenvalue weighted by atomic mass is 28.3. The highest BCUT2D eigenvalue weighted by Gasteiger charge is 2.41. The molecule has 0 heterocycles. The molecule has 0 fully saturated rings. The van der Waals surface area contributed by atoms with Gasteiger partial charge in [0.15, 0.2) is 9.04 Å². The summed E-state index contributed by atoms with van der Waals surface area (Å²) in [6.45, 7) is 17.4. The molecule has 0 bridgehead atoms. The van der Waals surface area contributed by atoms with Gasteiger partial charge in [-0.2, -0.15) is 5.26 Å². The standard InChI is InChI=1S/C14H29NOSi/c1-11(2)13(5,6)9-14(10-15,12(3)4)16-17(7)8/h11-12,17H,9H2,1-8H3/t14-/m1/s1. The molecule has 0 aromatic heterocycles. The van der Waals surface area contributed by atoms with Crippen molar-refractivity contribution in [3.05, 3.63) is 0 Å². The van der Waals surface area contributed by atoms with Gasteiger partial charge in [-0.1, -0.05) is 41.5 Å². The molecule has 0 amide bonds. The summed E-state index contributed by atoms with van der Waals surface area (Å²) in [7, 11) is -1.21. The van der Waals surface area contributed by atoms with Gasteiger partial charge in [-0.15, -0.1) is 0 Å². The van der Waals surface area contributed by atoms with Gasteiger partial charge in [0.25, 0.3) is 0 Å². The first kappa shape index (κ1) is 16.7. The van der Waals surface area contributed by atoms with E-state index in [0.29, 0.717) is 5.92 Å². The molecule has 1 atom stereocenters. The lowest BCUT2D eigenvalue weighted by atomic mass is 9.70. The molecule has 0 aromatic rings. The predicted octanol–water partition coefficient (Wildman–Crippen LogP) is 3.98. The Kier molecular flexibility index (Phi) is 5.90. The molecule has 2 nitrogen and oxygen atoms in total. The van der Waals surface area contributed by atoms with Crippen molar-refractivity contribution in [3.8, 4) is 6.07 Å². The van der Waals surface area contributed by atoms with Gasteiger partial charge < -0.3 is 4.43 Å². The summed E-state index contributed by atoms with van der Waals surface area (Å²) in [5.74, 6) is 0.784. The van der Waals surface area contributed by atoms with Crippen molar-refractivity contribution in [3.63, 3.8) is 0 Å². The monoisotopic (exact) mass is 255 g/mol. The largest absolute Gasteiger partial charge is 0.403 e. The minimum atomic E-state index is -1.21. The lowest BCUT2D eigenvalue weighted by Crippen LogP contribution is -2.45. The van der Waals surface area contributed by atoms with Gasteiger partial charge in [0.2, 0.25) is 0 Å². The molecule has 0 aliphatic heterocycles. The normalized spacial score (nSPS) is 16.4. The van der Waals surface area contributed by atoms with Crippen molar-refractivity contribution in [2.45, 2.75) is 66.7 Å². The topological polar surface area (TPSA) is 33.0 Å². The maximum atomic E-state index is 9.59. The summed E-state index contributed by atoms with van der Waals surface area (Å²) in [6, 6.07) is 2.47. The molecule has 3 heteroatoms. The summed E-state index contributed by atoms with van der Waals surface area (Å²) >= 11 is 0. The number of hydrogen-bond acceptors (Lipinski definition) is 2. The number of rotatable bonds is 6. The zero-order valence-corrected chi connectivity index (χ0v) is 13.9. The van der Waals surface area contributed by atoms with Crippen LogP contribution in [0.25, 0.3) is 0 Å². The summed E-state index contributed by atoms with van der Waals surface area (Å²) in [6.07, 6.45) is 0.816. The van der Waals surface area contributed by atoms with E-state index in [1.807, 2.05) is 0 Å². The molecule has 0 spiro atoms. The molecule has 0 aliphatic carbocycles. The van der Waals surface area contributed by atoms with Gasteiger partial charge >= 0.3 is 0 Å².